The van der Waals surface area contributed by atoms with Crippen LogP contribution in [-0.4, -0.2) is 23.0 Å². The third-order valence-corrected chi connectivity index (χ3v) is 3.35. The molecule has 0 saturated heterocycles. The van der Waals surface area contributed by atoms with E-state index < -0.39 is 0 Å². The molecule has 1 aliphatic carbocycles. The molecule has 1 atom stereocenters. The van der Waals surface area contributed by atoms with Crippen LogP contribution in [0.15, 0.2) is 5.16 Å². The summed E-state index contributed by atoms with van der Waals surface area (Å²) in [5, 5.41) is 14.5. The Bertz CT molecular complexity index is 288. The number of amides is 1. The lowest BCUT2D eigenvalue weighted by atomic mass is 10.1. The van der Waals surface area contributed by atoms with Crippen LogP contribution < -0.4 is 11.1 Å². The number of rotatable bonds is 9. The number of carbonyl (C=O) groups excluding carboxylic acids is 1. The van der Waals surface area contributed by atoms with E-state index in [-0.39, 0.29) is 17.8 Å². The minimum absolute atomic E-state index is 0.00926. The number of hydrogen-bond donors (Lipinski definition) is 3. The van der Waals surface area contributed by atoms with Gasteiger partial charge in [-0.3, -0.25) is 4.79 Å². The minimum Gasteiger partial charge on any atom is -0.409 e. The van der Waals surface area contributed by atoms with Gasteiger partial charge >= 0.3 is 0 Å². The van der Waals surface area contributed by atoms with Crippen LogP contribution in [0, 0.1) is 5.92 Å². The summed E-state index contributed by atoms with van der Waals surface area (Å²) in [5.41, 5.74) is 5.59. The van der Waals surface area contributed by atoms with Crippen LogP contribution in [-0.2, 0) is 4.79 Å². The largest absolute Gasteiger partial charge is 0.409 e. The Kier molecular flexibility index (Phi) is 6.54. The second kappa shape index (κ2) is 7.95. The van der Waals surface area contributed by atoms with Crippen LogP contribution in [0.3, 0.4) is 0 Å². The molecule has 0 heterocycles. The van der Waals surface area contributed by atoms with Gasteiger partial charge in [-0.2, -0.15) is 0 Å². The Morgan fingerprint density at radius 3 is 2.61 bits per heavy atom. The highest BCUT2D eigenvalue weighted by Crippen LogP contribution is 2.32. The summed E-state index contributed by atoms with van der Waals surface area (Å²) in [6.45, 7) is 2.17. The third-order valence-electron chi connectivity index (χ3n) is 3.35. The van der Waals surface area contributed by atoms with Crippen molar-refractivity contribution < 1.29 is 10.0 Å². The third kappa shape index (κ3) is 5.38. The van der Waals surface area contributed by atoms with E-state index in [2.05, 4.69) is 17.4 Å². The first-order valence-corrected chi connectivity index (χ1v) is 6.95. The highest BCUT2D eigenvalue weighted by molar-refractivity contribution is 5.90. The average molecular weight is 255 g/mol. The van der Waals surface area contributed by atoms with Gasteiger partial charge in [-0.1, -0.05) is 37.8 Å². The number of hydrogen-bond acceptors (Lipinski definition) is 3. The summed E-state index contributed by atoms with van der Waals surface area (Å²) in [7, 11) is 0. The molecule has 1 rings (SSSR count). The van der Waals surface area contributed by atoms with Crippen molar-refractivity contribution >= 4 is 11.7 Å². The van der Waals surface area contributed by atoms with Gasteiger partial charge in [0.05, 0.1) is 6.04 Å². The average Bonchev–Trinajstić information content (AvgIpc) is 3.19. The molecule has 0 aromatic rings. The molecule has 0 aliphatic heterocycles. The van der Waals surface area contributed by atoms with E-state index in [4.69, 9.17) is 10.9 Å². The number of nitrogens with zero attached hydrogens (tertiary/aromatic N) is 1. The Labute approximate surface area is 109 Å². The quantitative estimate of drug-likeness (QED) is 0.193. The highest BCUT2D eigenvalue weighted by Gasteiger charge is 2.35. The molecule has 18 heavy (non-hydrogen) atoms. The van der Waals surface area contributed by atoms with Crippen LogP contribution >= 0.6 is 0 Å². The number of nitrogens with two attached hydrogens (primary N) is 1. The second-order valence-electron chi connectivity index (χ2n) is 5.07. The predicted octanol–water partition coefficient (Wildman–Crippen LogP) is 1.99. The molecule has 1 unspecified atom stereocenters. The van der Waals surface area contributed by atoms with Gasteiger partial charge in [0.1, 0.15) is 0 Å². The van der Waals surface area contributed by atoms with Crippen LogP contribution in [0.2, 0.25) is 0 Å². The summed E-state index contributed by atoms with van der Waals surface area (Å²) in [4.78, 5) is 11.7. The maximum Gasteiger partial charge on any atom is 0.220 e. The van der Waals surface area contributed by atoms with E-state index in [1.165, 1.54) is 19.3 Å². The first-order chi connectivity index (χ1) is 8.69. The topological polar surface area (TPSA) is 87.7 Å². The van der Waals surface area contributed by atoms with Crippen LogP contribution in [0.5, 0.6) is 0 Å². The zero-order valence-corrected chi connectivity index (χ0v) is 11.2. The molecule has 0 aromatic heterocycles. The standard InChI is InChI=1S/C13H25N3O2/c1-2-3-4-5-6-7-11(17)15-12(10-8-9-10)13(14)16-18/h10,12,18H,2-9H2,1H3,(H2,14,16)(H,15,17). The molecule has 1 saturated carbocycles. The highest BCUT2D eigenvalue weighted by atomic mass is 16.4. The van der Waals surface area contributed by atoms with Gasteiger partial charge < -0.3 is 16.3 Å². The number of carbonyl (C=O) groups is 1. The summed E-state index contributed by atoms with van der Waals surface area (Å²) in [6.07, 6.45) is 8.26. The minimum atomic E-state index is -0.279. The van der Waals surface area contributed by atoms with Crippen molar-refractivity contribution in [3.8, 4) is 0 Å². The van der Waals surface area contributed by atoms with Crippen molar-refractivity contribution in [2.24, 2.45) is 16.8 Å². The van der Waals surface area contributed by atoms with E-state index in [9.17, 15) is 4.79 Å². The molecule has 0 aromatic carbocycles. The summed E-state index contributed by atoms with van der Waals surface area (Å²) in [5.74, 6) is 0.483. The summed E-state index contributed by atoms with van der Waals surface area (Å²) < 4.78 is 0. The van der Waals surface area contributed by atoms with Crippen LogP contribution in [0.25, 0.3) is 0 Å². The fraction of sp³-hybridized carbons (Fsp3) is 0.846. The first kappa shape index (κ1) is 14.8. The van der Waals surface area contributed by atoms with Gasteiger partial charge in [-0.25, -0.2) is 0 Å². The molecule has 0 radical (unpaired) electrons. The maximum absolute atomic E-state index is 11.7. The van der Waals surface area contributed by atoms with Crippen LogP contribution in [0.1, 0.15) is 58.3 Å². The number of amidine groups is 1. The van der Waals surface area contributed by atoms with E-state index in [0.717, 1.165) is 25.7 Å². The summed E-state index contributed by atoms with van der Waals surface area (Å²) >= 11 is 0. The van der Waals surface area contributed by atoms with Crippen molar-refractivity contribution in [2.45, 2.75) is 64.3 Å². The molecule has 0 bridgehead atoms. The molecule has 1 fully saturated rings. The molecule has 4 N–H and O–H groups in total. The molecule has 0 spiro atoms. The van der Waals surface area contributed by atoms with Crippen molar-refractivity contribution in [3.63, 3.8) is 0 Å². The predicted molar refractivity (Wildman–Crippen MR) is 71.4 cm³/mol. The second-order valence-corrected chi connectivity index (χ2v) is 5.07. The lowest BCUT2D eigenvalue weighted by molar-refractivity contribution is -0.121. The van der Waals surface area contributed by atoms with Crippen molar-refractivity contribution in [1.82, 2.24) is 5.32 Å². The molecule has 104 valence electrons. The summed E-state index contributed by atoms with van der Waals surface area (Å²) in [6, 6.07) is -0.279. The fourth-order valence-electron chi connectivity index (χ4n) is 2.06. The Balaban J connectivity index is 2.20. The smallest absolute Gasteiger partial charge is 0.220 e. The SMILES string of the molecule is CCCCCCCC(=O)NC(C(N)=NO)C1CC1. The molecule has 5 heteroatoms. The van der Waals surface area contributed by atoms with Gasteiger partial charge in [0.25, 0.3) is 0 Å². The molecule has 1 aliphatic rings. The zero-order valence-electron chi connectivity index (χ0n) is 11.2. The Hall–Kier alpha value is -1.26. The van der Waals surface area contributed by atoms with Gasteiger partial charge in [0.2, 0.25) is 5.91 Å². The monoisotopic (exact) mass is 255 g/mol. The number of nitrogens with one attached hydrogen (secondary N) is 1. The van der Waals surface area contributed by atoms with Crippen molar-refractivity contribution in [1.29, 1.82) is 0 Å². The van der Waals surface area contributed by atoms with Crippen molar-refractivity contribution in [2.75, 3.05) is 0 Å². The van der Waals surface area contributed by atoms with Gasteiger partial charge in [0.15, 0.2) is 5.84 Å². The lowest BCUT2D eigenvalue weighted by Gasteiger charge is -2.16. The van der Waals surface area contributed by atoms with Gasteiger partial charge in [-0.15, -0.1) is 0 Å². The van der Waals surface area contributed by atoms with Crippen LogP contribution in [0.4, 0.5) is 0 Å². The first-order valence-electron chi connectivity index (χ1n) is 6.95. The van der Waals surface area contributed by atoms with Gasteiger partial charge in [0, 0.05) is 6.42 Å². The molecule has 5 nitrogen and oxygen atoms in total. The Morgan fingerprint density at radius 2 is 2.06 bits per heavy atom. The normalized spacial score (nSPS) is 17.5. The van der Waals surface area contributed by atoms with E-state index in [1.54, 1.807) is 0 Å². The maximum atomic E-state index is 11.7. The molecular weight excluding hydrogens is 230 g/mol. The van der Waals surface area contributed by atoms with E-state index in [0.29, 0.717) is 12.3 Å². The lowest BCUT2D eigenvalue weighted by Crippen LogP contribution is -2.46. The fourth-order valence-corrected chi connectivity index (χ4v) is 2.06. The zero-order chi connectivity index (χ0) is 13.4. The molecule has 1 amide bonds. The van der Waals surface area contributed by atoms with Crippen molar-refractivity contribution in [3.05, 3.63) is 0 Å². The Morgan fingerprint density at radius 1 is 1.39 bits per heavy atom. The van der Waals surface area contributed by atoms with Gasteiger partial charge in [-0.05, 0) is 25.2 Å². The number of oxime groups is 1. The van der Waals surface area contributed by atoms with E-state index >= 15 is 0 Å². The number of unbranched alkanes of at least 4 members (excludes halogenated alkanes) is 4. The molecular formula is C13H25N3O2. The van der Waals surface area contributed by atoms with E-state index in [1.807, 2.05) is 0 Å².